The second-order valence-corrected chi connectivity index (χ2v) is 4.19. The number of aldehydes is 1. The van der Waals surface area contributed by atoms with Gasteiger partial charge in [-0.15, -0.1) is 0 Å². The summed E-state index contributed by atoms with van der Waals surface area (Å²) in [6, 6.07) is 7.23. The van der Waals surface area contributed by atoms with E-state index < -0.39 is 5.97 Å². The number of methoxy groups -OCH3 is 2. The van der Waals surface area contributed by atoms with Crippen molar-refractivity contribution >= 4 is 23.0 Å². The Morgan fingerprint density at radius 1 is 1.15 bits per heavy atom. The third-order valence-corrected chi connectivity index (χ3v) is 3.11. The maximum absolute atomic E-state index is 11.4. The van der Waals surface area contributed by atoms with Gasteiger partial charge in [0.25, 0.3) is 0 Å². The molecule has 0 atom stereocenters. The summed E-state index contributed by atoms with van der Waals surface area (Å²) in [5.74, 6) is -0.276. The smallest absolute Gasteiger partial charge is 0.307 e. The summed E-state index contributed by atoms with van der Waals surface area (Å²) in [4.78, 5) is 22.4. The van der Waals surface area contributed by atoms with E-state index in [1.807, 2.05) is 12.1 Å². The van der Waals surface area contributed by atoms with Crippen molar-refractivity contribution in [1.29, 1.82) is 0 Å². The largest absolute Gasteiger partial charge is 0.496 e. The number of carbonyl (C=O) groups excluding carboxylic acids is 1. The minimum absolute atomic E-state index is 0.213. The van der Waals surface area contributed by atoms with E-state index in [0.29, 0.717) is 34.1 Å². The fraction of sp³-hybridized carbons (Fsp3) is 0.200. The number of fused-ring (bicyclic) bond motifs is 1. The summed E-state index contributed by atoms with van der Waals surface area (Å²) in [7, 11) is 2.90. The molecule has 0 aromatic heterocycles. The van der Waals surface area contributed by atoms with E-state index in [9.17, 15) is 9.59 Å². The molecule has 0 spiro atoms. The molecule has 0 aliphatic heterocycles. The van der Waals surface area contributed by atoms with E-state index in [1.54, 1.807) is 12.1 Å². The zero-order chi connectivity index (χ0) is 14.7. The average molecular weight is 274 g/mol. The molecule has 0 aliphatic carbocycles. The van der Waals surface area contributed by atoms with Gasteiger partial charge in [0.1, 0.15) is 11.5 Å². The molecule has 0 radical (unpaired) electrons. The Morgan fingerprint density at radius 2 is 1.70 bits per heavy atom. The van der Waals surface area contributed by atoms with Crippen molar-refractivity contribution in [1.82, 2.24) is 0 Å². The molecule has 0 bridgehead atoms. The normalized spacial score (nSPS) is 10.3. The Balaban J connectivity index is 2.93. The second kappa shape index (κ2) is 5.61. The topological polar surface area (TPSA) is 72.8 Å². The molecule has 2 aromatic rings. The van der Waals surface area contributed by atoms with Crippen LogP contribution in [-0.2, 0) is 11.2 Å². The lowest BCUT2D eigenvalue weighted by molar-refractivity contribution is -0.136. The monoisotopic (exact) mass is 274 g/mol. The molecular formula is C15H14O5. The molecule has 0 saturated heterocycles. The van der Waals surface area contributed by atoms with Crippen molar-refractivity contribution in [3.05, 3.63) is 35.4 Å². The molecule has 0 saturated carbocycles. The first-order valence-electron chi connectivity index (χ1n) is 5.96. The Kier molecular flexibility index (Phi) is 3.89. The van der Waals surface area contributed by atoms with Crippen molar-refractivity contribution in [3.8, 4) is 11.5 Å². The van der Waals surface area contributed by atoms with E-state index in [2.05, 4.69) is 0 Å². The third-order valence-electron chi connectivity index (χ3n) is 3.11. The van der Waals surface area contributed by atoms with Crippen LogP contribution in [0.15, 0.2) is 24.3 Å². The van der Waals surface area contributed by atoms with E-state index >= 15 is 0 Å². The van der Waals surface area contributed by atoms with Crippen LogP contribution in [0.2, 0.25) is 0 Å². The zero-order valence-corrected chi connectivity index (χ0v) is 11.2. The van der Waals surface area contributed by atoms with Gasteiger partial charge in [-0.2, -0.15) is 0 Å². The van der Waals surface area contributed by atoms with Gasteiger partial charge in [0.15, 0.2) is 6.29 Å². The highest BCUT2D eigenvalue weighted by molar-refractivity contribution is 6.03. The van der Waals surface area contributed by atoms with Crippen LogP contribution in [0.3, 0.4) is 0 Å². The number of hydrogen-bond donors (Lipinski definition) is 1. The fourth-order valence-electron chi connectivity index (χ4n) is 2.35. The molecule has 0 fully saturated rings. The standard InChI is InChI=1S/C15H14O5/c1-19-14-9-5-3-4-6-10(9)15(20-2)12(8-16)11(14)7-13(17)18/h3-6,8H,7H2,1-2H3,(H,17,18). The molecule has 0 aliphatic rings. The first-order chi connectivity index (χ1) is 9.63. The predicted molar refractivity (Wildman–Crippen MR) is 73.8 cm³/mol. The van der Waals surface area contributed by atoms with Crippen LogP contribution in [0.1, 0.15) is 15.9 Å². The SMILES string of the molecule is COc1c(C=O)c(CC(=O)O)c(OC)c2ccccc12. The molecule has 0 amide bonds. The zero-order valence-electron chi connectivity index (χ0n) is 11.2. The lowest BCUT2D eigenvalue weighted by atomic mass is 9.96. The van der Waals surface area contributed by atoms with Gasteiger partial charge in [0.05, 0.1) is 26.2 Å². The second-order valence-electron chi connectivity index (χ2n) is 4.19. The van der Waals surface area contributed by atoms with E-state index in [-0.39, 0.29) is 12.0 Å². The maximum atomic E-state index is 11.4. The average Bonchev–Trinajstić information content (AvgIpc) is 2.45. The molecule has 5 nitrogen and oxygen atoms in total. The van der Waals surface area contributed by atoms with Gasteiger partial charge < -0.3 is 14.6 Å². The molecule has 0 heterocycles. The van der Waals surface area contributed by atoms with Gasteiger partial charge in [-0.25, -0.2) is 0 Å². The minimum atomic E-state index is -1.04. The van der Waals surface area contributed by atoms with Crippen molar-refractivity contribution in [2.45, 2.75) is 6.42 Å². The first-order valence-corrected chi connectivity index (χ1v) is 5.96. The van der Waals surface area contributed by atoms with E-state index in [0.717, 1.165) is 0 Å². The van der Waals surface area contributed by atoms with Gasteiger partial charge in [0.2, 0.25) is 0 Å². The summed E-state index contributed by atoms with van der Waals surface area (Å²) in [6.07, 6.45) is 0.296. The summed E-state index contributed by atoms with van der Waals surface area (Å²) in [5.41, 5.74) is 0.538. The Morgan fingerprint density at radius 3 is 2.15 bits per heavy atom. The van der Waals surface area contributed by atoms with Gasteiger partial charge in [-0.05, 0) is 0 Å². The number of ether oxygens (including phenoxy) is 2. The number of rotatable bonds is 5. The van der Waals surface area contributed by atoms with Gasteiger partial charge >= 0.3 is 5.97 Å². The van der Waals surface area contributed by atoms with Crippen LogP contribution in [0.25, 0.3) is 10.8 Å². The van der Waals surface area contributed by atoms with Gasteiger partial charge in [-0.3, -0.25) is 9.59 Å². The Bertz CT molecular complexity index is 676. The van der Waals surface area contributed by atoms with Crippen LogP contribution >= 0.6 is 0 Å². The molecule has 20 heavy (non-hydrogen) atoms. The number of hydrogen-bond acceptors (Lipinski definition) is 4. The van der Waals surface area contributed by atoms with Gasteiger partial charge in [0, 0.05) is 16.3 Å². The number of carboxylic acid groups (broad SMARTS) is 1. The summed E-state index contributed by atoms with van der Waals surface area (Å²) >= 11 is 0. The summed E-state index contributed by atoms with van der Waals surface area (Å²) in [6.45, 7) is 0. The number of aliphatic carboxylic acids is 1. The fourth-order valence-corrected chi connectivity index (χ4v) is 2.35. The van der Waals surface area contributed by atoms with Crippen LogP contribution in [0.4, 0.5) is 0 Å². The van der Waals surface area contributed by atoms with Crippen LogP contribution < -0.4 is 9.47 Å². The quantitative estimate of drug-likeness (QED) is 0.847. The molecule has 2 rings (SSSR count). The van der Waals surface area contributed by atoms with E-state index in [1.165, 1.54) is 14.2 Å². The summed E-state index contributed by atoms with van der Waals surface area (Å²) in [5, 5.41) is 10.5. The molecule has 0 unspecified atom stereocenters. The minimum Gasteiger partial charge on any atom is -0.496 e. The lowest BCUT2D eigenvalue weighted by Crippen LogP contribution is -2.08. The Hall–Kier alpha value is -2.56. The third kappa shape index (κ3) is 2.18. The first kappa shape index (κ1) is 13.9. The number of benzene rings is 2. The lowest BCUT2D eigenvalue weighted by Gasteiger charge is -2.17. The van der Waals surface area contributed by atoms with Crippen molar-refractivity contribution in [2.24, 2.45) is 0 Å². The number of carbonyl (C=O) groups is 2. The van der Waals surface area contributed by atoms with Crippen molar-refractivity contribution in [3.63, 3.8) is 0 Å². The molecule has 2 aromatic carbocycles. The molecule has 5 heteroatoms. The van der Waals surface area contributed by atoms with Gasteiger partial charge in [-0.1, -0.05) is 24.3 Å². The number of carboxylic acids is 1. The van der Waals surface area contributed by atoms with Crippen molar-refractivity contribution in [2.75, 3.05) is 14.2 Å². The highest BCUT2D eigenvalue weighted by Crippen LogP contribution is 2.40. The van der Waals surface area contributed by atoms with Crippen LogP contribution in [0, 0.1) is 0 Å². The van der Waals surface area contributed by atoms with Crippen LogP contribution in [-0.4, -0.2) is 31.6 Å². The highest BCUT2D eigenvalue weighted by Gasteiger charge is 2.21. The van der Waals surface area contributed by atoms with Crippen LogP contribution in [0.5, 0.6) is 11.5 Å². The molecular weight excluding hydrogens is 260 g/mol. The summed E-state index contributed by atoms with van der Waals surface area (Å²) < 4.78 is 10.6. The predicted octanol–water partition coefficient (Wildman–Crippen LogP) is 2.30. The molecule has 104 valence electrons. The maximum Gasteiger partial charge on any atom is 0.307 e. The highest BCUT2D eigenvalue weighted by atomic mass is 16.5. The Labute approximate surface area is 115 Å². The van der Waals surface area contributed by atoms with E-state index in [4.69, 9.17) is 14.6 Å². The molecule has 1 N–H and O–H groups in total. The van der Waals surface area contributed by atoms with Crippen molar-refractivity contribution < 1.29 is 24.2 Å².